The Morgan fingerprint density at radius 1 is 0.455 bits per heavy atom. The maximum Gasteiger partial charge on any atom is 0.169 e. The van der Waals surface area contributed by atoms with Gasteiger partial charge in [-0.1, -0.05) is 102 Å². The van der Waals surface area contributed by atoms with Gasteiger partial charge in [0.25, 0.3) is 0 Å². The van der Waals surface area contributed by atoms with Gasteiger partial charge in [-0.05, 0) is 34.2 Å². The molecule has 192 valence electrons. The second-order valence-corrected chi connectivity index (χ2v) is 10.8. The normalized spacial score (nSPS) is 11.6. The molecule has 9 heteroatoms. The van der Waals surface area contributed by atoms with Crippen LogP contribution in [-0.2, 0) is 0 Å². The van der Waals surface area contributed by atoms with Crippen LogP contribution >= 0.6 is 0 Å². The van der Waals surface area contributed by atoms with Gasteiger partial charge >= 0.3 is 0 Å². The van der Waals surface area contributed by atoms with Crippen LogP contribution in [0.2, 0.25) is 0 Å². The van der Waals surface area contributed by atoms with Crippen LogP contribution < -0.4 is 27.3 Å². The molecule has 5 aromatic carbocycles. The standard InChI is InChI=1S/C35H17B5N4/c36-26-25(27(37)29(39)30(40)28(26)38)31-32-35(43-33(41-31)20-12-8-11-19(17-20)18-9-2-1-3-10-18)44-24-16-7-6-14-22(24)21-13-4-5-15-23(21)34(44)42-32/h1-17H. The quantitative estimate of drug-likeness (QED) is 0.252. The number of aromatic nitrogens is 4. The molecule has 0 aliphatic carbocycles. The first-order valence-electron chi connectivity index (χ1n) is 14.1. The van der Waals surface area contributed by atoms with Crippen molar-refractivity contribution < 1.29 is 0 Å². The average molecular weight is 548 g/mol. The lowest BCUT2D eigenvalue weighted by atomic mass is 9.60. The summed E-state index contributed by atoms with van der Waals surface area (Å²) in [7, 11) is 32.0. The van der Waals surface area contributed by atoms with Crippen molar-refractivity contribution in [1.82, 2.24) is 19.4 Å². The Morgan fingerprint density at radius 3 is 1.80 bits per heavy atom. The fraction of sp³-hybridized carbons (Fsp3) is 0. The molecule has 0 aliphatic rings. The third-order valence-corrected chi connectivity index (χ3v) is 8.27. The molecule has 0 atom stereocenters. The second-order valence-electron chi connectivity index (χ2n) is 10.8. The minimum Gasteiger partial charge on any atom is -0.276 e. The van der Waals surface area contributed by atoms with Gasteiger partial charge in [-0.3, -0.25) is 4.40 Å². The number of pyridine rings is 1. The van der Waals surface area contributed by atoms with Crippen LogP contribution in [0.3, 0.4) is 0 Å². The number of benzene rings is 5. The zero-order chi connectivity index (χ0) is 30.1. The van der Waals surface area contributed by atoms with Crippen molar-refractivity contribution in [1.29, 1.82) is 0 Å². The van der Waals surface area contributed by atoms with Crippen molar-refractivity contribution in [3.8, 4) is 33.8 Å². The SMILES string of the molecule is [B]c1c([B])c([B])c(-c2nc(-c3cccc(-c4ccccc4)c3)nc3c2nc2c4ccccc4c4ccccc4n32)c([B])c1[B]. The third kappa shape index (κ3) is 3.89. The van der Waals surface area contributed by atoms with Gasteiger partial charge in [-0.2, -0.15) is 0 Å². The van der Waals surface area contributed by atoms with E-state index < -0.39 is 0 Å². The zero-order valence-electron chi connectivity index (χ0n) is 23.5. The van der Waals surface area contributed by atoms with Gasteiger partial charge in [-0.15, -0.1) is 16.4 Å². The predicted octanol–water partition coefficient (Wildman–Crippen LogP) is 2.55. The molecule has 8 aromatic rings. The average Bonchev–Trinajstić information content (AvgIpc) is 3.47. The summed E-state index contributed by atoms with van der Waals surface area (Å²) in [6, 6.07) is 34.6. The van der Waals surface area contributed by atoms with E-state index in [0.717, 1.165) is 44.0 Å². The lowest BCUT2D eigenvalue weighted by molar-refractivity contribution is 1.19. The van der Waals surface area contributed by atoms with Crippen LogP contribution in [0, 0.1) is 0 Å². The van der Waals surface area contributed by atoms with Crippen molar-refractivity contribution in [2.24, 2.45) is 0 Å². The molecule has 0 fully saturated rings. The fourth-order valence-electron chi connectivity index (χ4n) is 6.05. The van der Waals surface area contributed by atoms with Crippen molar-refractivity contribution in [3.63, 3.8) is 0 Å². The first kappa shape index (κ1) is 26.6. The molecular weight excluding hydrogens is 530 g/mol. The van der Waals surface area contributed by atoms with Gasteiger partial charge in [0.2, 0.25) is 0 Å². The summed E-state index contributed by atoms with van der Waals surface area (Å²) in [6.07, 6.45) is 0. The minimum atomic E-state index is 0.136. The van der Waals surface area contributed by atoms with E-state index >= 15 is 0 Å². The van der Waals surface area contributed by atoms with Gasteiger partial charge in [0.1, 0.15) is 56.1 Å². The summed E-state index contributed by atoms with van der Waals surface area (Å²) in [5.74, 6) is 0.470. The number of rotatable bonds is 3. The van der Waals surface area contributed by atoms with Crippen molar-refractivity contribution >= 4 is 105 Å². The van der Waals surface area contributed by atoms with Gasteiger partial charge in [0, 0.05) is 16.3 Å². The zero-order valence-corrected chi connectivity index (χ0v) is 23.5. The summed E-state index contributed by atoms with van der Waals surface area (Å²) < 4.78 is 2.07. The van der Waals surface area contributed by atoms with Crippen LogP contribution in [0.4, 0.5) is 0 Å². The lowest BCUT2D eigenvalue weighted by Crippen LogP contribution is -2.55. The Balaban J connectivity index is 1.55. The Labute approximate surface area is 260 Å². The van der Waals surface area contributed by atoms with Crippen LogP contribution in [0.15, 0.2) is 103 Å². The number of hydrogen-bond acceptors (Lipinski definition) is 3. The molecule has 0 bridgehead atoms. The molecule has 44 heavy (non-hydrogen) atoms. The molecular formula is C35H17B5N4. The van der Waals surface area contributed by atoms with Crippen LogP contribution in [0.1, 0.15) is 0 Å². The monoisotopic (exact) mass is 548 g/mol. The molecule has 0 saturated carbocycles. The van der Waals surface area contributed by atoms with Crippen LogP contribution in [0.25, 0.3) is 72.3 Å². The largest absolute Gasteiger partial charge is 0.276 e. The first-order valence-corrected chi connectivity index (χ1v) is 14.1. The number of nitrogens with zero attached hydrogens (tertiary/aromatic N) is 4. The number of fused-ring (bicyclic) bond motifs is 8. The predicted molar refractivity (Wildman–Crippen MR) is 187 cm³/mol. The fourth-order valence-corrected chi connectivity index (χ4v) is 6.05. The van der Waals surface area contributed by atoms with Crippen molar-refractivity contribution in [2.75, 3.05) is 0 Å². The molecule has 0 amide bonds. The summed E-state index contributed by atoms with van der Waals surface area (Å²) in [5, 5.41) is 3.12. The van der Waals surface area contributed by atoms with Gasteiger partial charge < -0.3 is 0 Å². The summed E-state index contributed by atoms with van der Waals surface area (Å²) >= 11 is 0. The highest BCUT2D eigenvalue weighted by molar-refractivity contribution is 6.68. The smallest absolute Gasteiger partial charge is 0.169 e. The highest BCUT2D eigenvalue weighted by Crippen LogP contribution is 2.35. The number of imidazole rings is 1. The Bertz CT molecular complexity index is 2430. The van der Waals surface area contributed by atoms with Crippen molar-refractivity contribution in [3.05, 3.63) is 103 Å². The maximum absolute atomic E-state index is 6.60. The van der Waals surface area contributed by atoms with E-state index in [1.54, 1.807) is 0 Å². The van der Waals surface area contributed by atoms with E-state index in [9.17, 15) is 0 Å². The van der Waals surface area contributed by atoms with Gasteiger partial charge in [-0.25, -0.2) is 15.0 Å². The lowest BCUT2D eigenvalue weighted by Gasteiger charge is -2.21. The van der Waals surface area contributed by atoms with E-state index in [1.807, 2.05) is 54.6 Å². The molecule has 8 rings (SSSR count). The Kier molecular flexibility index (Phi) is 6.06. The first-order chi connectivity index (χ1) is 21.4. The van der Waals surface area contributed by atoms with Crippen molar-refractivity contribution in [2.45, 2.75) is 0 Å². The molecule has 0 N–H and O–H groups in total. The minimum absolute atomic E-state index is 0.136. The second kappa shape index (κ2) is 10.0. The van der Waals surface area contributed by atoms with Gasteiger partial charge in [0.05, 0.1) is 5.52 Å². The van der Waals surface area contributed by atoms with E-state index in [1.165, 1.54) is 0 Å². The van der Waals surface area contributed by atoms with E-state index in [-0.39, 0.29) is 27.3 Å². The summed E-state index contributed by atoms with van der Waals surface area (Å²) in [6.45, 7) is 0. The van der Waals surface area contributed by atoms with Crippen LogP contribution in [-0.4, -0.2) is 58.6 Å². The summed E-state index contributed by atoms with van der Waals surface area (Å²) in [4.78, 5) is 15.4. The van der Waals surface area contributed by atoms with E-state index in [2.05, 4.69) is 52.9 Å². The molecule has 4 nitrogen and oxygen atoms in total. The molecule has 3 aromatic heterocycles. The highest BCUT2D eigenvalue weighted by Gasteiger charge is 2.23. The topological polar surface area (TPSA) is 43.1 Å². The Morgan fingerprint density at radius 2 is 1.05 bits per heavy atom. The van der Waals surface area contributed by atoms with Crippen LogP contribution in [0.5, 0.6) is 0 Å². The van der Waals surface area contributed by atoms with Gasteiger partial charge in [0.15, 0.2) is 11.5 Å². The highest BCUT2D eigenvalue weighted by atomic mass is 15.1. The molecule has 0 aliphatic heterocycles. The molecule has 0 spiro atoms. The number of para-hydroxylation sites is 1. The number of hydrogen-bond donors (Lipinski definition) is 0. The molecule has 0 unspecified atom stereocenters. The van der Waals surface area contributed by atoms with E-state index in [4.69, 9.17) is 54.2 Å². The molecule has 3 heterocycles. The van der Waals surface area contributed by atoms with E-state index in [0.29, 0.717) is 28.2 Å². The molecule has 0 saturated heterocycles. The third-order valence-electron chi connectivity index (χ3n) is 8.27. The molecule has 10 radical (unpaired) electrons. The Hall–Kier alpha value is -5.03. The maximum atomic E-state index is 6.60. The summed E-state index contributed by atoms with van der Waals surface area (Å²) in [5.41, 5.74) is 7.30.